The molecule has 2 heterocycles. The number of carbonyl (C=O) groups excluding carboxylic acids is 1. The van der Waals surface area contributed by atoms with Crippen LogP contribution in [0.2, 0.25) is 0 Å². The van der Waals surface area contributed by atoms with Crippen molar-refractivity contribution in [2.45, 2.75) is 76.6 Å². The van der Waals surface area contributed by atoms with Crippen LogP contribution in [-0.4, -0.2) is 35.4 Å². The van der Waals surface area contributed by atoms with Gasteiger partial charge in [0, 0.05) is 6.54 Å². The quantitative estimate of drug-likeness (QED) is 0.743. The van der Waals surface area contributed by atoms with Crippen LogP contribution in [0.3, 0.4) is 0 Å². The fraction of sp³-hybridized carbons (Fsp3) is 0.933. The normalized spacial score (nSPS) is 29.7. The number of amides is 1. The monoisotopic (exact) mass is 269 g/mol. The van der Waals surface area contributed by atoms with Crippen LogP contribution in [0.4, 0.5) is 0 Å². The summed E-state index contributed by atoms with van der Waals surface area (Å²) >= 11 is 0. The van der Waals surface area contributed by atoms with Crippen molar-refractivity contribution in [1.82, 2.24) is 5.32 Å². The van der Waals surface area contributed by atoms with Gasteiger partial charge in [0.05, 0.1) is 23.7 Å². The number of hydrogen-bond donors (Lipinski definition) is 2. The molecule has 1 amide bonds. The van der Waals surface area contributed by atoms with Gasteiger partial charge in [-0.1, -0.05) is 26.7 Å². The lowest BCUT2D eigenvalue weighted by molar-refractivity contribution is -0.128. The Hall–Kier alpha value is -0.610. The molecule has 4 heteroatoms. The third-order valence-corrected chi connectivity index (χ3v) is 4.47. The number of aliphatic hydroxyl groups is 1. The summed E-state index contributed by atoms with van der Waals surface area (Å²) in [6.07, 6.45) is 6.74. The molecular formula is C15H27NO3. The van der Waals surface area contributed by atoms with Gasteiger partial charge in [-0.3, -0.25) is 4.79 Å². The molecule has 2 bridgehead atoms. The van der Waals surface area contributed by atoms with Gasteiger partial charge in [-0.05, 0) is 32.1 Å². The van der Waals surface area contributed by atoms with E-state index in [4.69, 9.17) is 4.74 Å². The highest BCUT2D eigenvalue weighted by Gasteiger charge is 2.44. The second-order valence-corrected chi connectivity index (χ2v) is 6.16. The highest BCUT2D eigenvalue weighted by Crippen LogP contribution is 2.38. The molecule has 2 aliphatic rings. The Morgan fingerprint density at radius 2 is 2.00 bits per heavy atom. The highest BCUT2D eigenvalue weighted by molar-refractivity contribution is 5.79. The molecule has 0 saturated carbocycles. The standard InChI is InChI=1S/C15H27NO3/c1-3-7-15(18,8-4-2)10-16-14(17)12-9-11-5-6-13(12)19-11/h11-13,18H,3-10H2,1-2H3,(H,16,17). The molecule has 3 unspecified atom stereocenters. The number of hydrogen-bond acceptors (Lipinski definition) is 3. The van der Waals surface area contributed by atoms with Crippen molar-refractivity contribution in [3.8, 4) is 0 Å². The highest BCUT2D eigenvalue weighted by atomic mass is 16.5. The van der Waals surface area contributed by atoms with Crippen molar-refractivity contribution in [1.29, 1.82) is 0 Å². The van der Waals surface area contributed by atoms with Gasteiger partial charge < -0.3 is 15.2 Å². The molecule has 0 spiro atoms. The lowest BCUT2D eigenvalue weighted by atomic mass is 9.88. The summed E-state index contributed by atoms with van der Waals surface area (Å²) in [7, 11) is 0. The molecule has 19 heavy (non-hydrogen) atoms. The number of rotatable bonds is 7. The second-order valence-electron chi connectivity index (χ2n) is 6.16. The molecule has 0 aliphatic carbocycles. The van der Waals surface area contributed by atoms with Crippen LogP contribution in [0.1, 0.15) is 58.8 Å². The van der Waals surface area contributed by atoms with Gasteiger partial charge in [0.2, 0.25) is 5.91 Å². The fourth-order valence-corrected chi connectivity index (χ4v) is 3.53. The van der Waals surface area contributed by atoms with E-state index in [1.54, 1.807) is 0 Å². The van der Waals surface area contributed by atoms with Crippen molar-refractivity contribution in [2.24, 2.45) is 5.92 Å². The molecule has 2 fully saturated rings. The Bertz CT molecular complexity index is 313. The summed E-state index contributed by atoms with van der Waals surface area (Å²) in [6, 6.07) is 0. The summed E-state index contributed by atoms with van der Waals surface area (Å²) < 4.78 is 5.71. The molecule has 0 radical (unpaired) electrons. The van der Waals surface area contributed by atoms with E-state index in [1.165, 1.54) is 0 Å². The zero-order chi connectivity index (χ0) is 13.9. The van der Waals surface area contributed by atoms with E-state index in [-0.39, 0.29) is 17.9 Å². The Balaban J connectivity index is 1.81. The summed E-state index contributed by atoms with van der Waals surface area (Å²) in [4.78, 5) is 12.2. The number of ether oxygens (including phenoxy) is 1. The molecule has 0 aromatic heterocycles. The summed E-state index contributed by atoms with van der Waals surface area (Å²) in [6.45, 7) is 4.50. The van der Waals surface area contributed by atoms with Crippen molar-refractivity contribution in [3.05, 3.63) is 0 Å². The smallest absolute Gasteiger partial charge is 0.225 e. The van der Waals surface area contributed by atoms with Crippen molar-refractivity contribution in [3.63, 3.8) is 0 Å². The van der Waals surface area contributed by atoms with Gasteiger partial charge in [0.1, 0.15) is 0 Å². The molecule has 110 valence electrons. The predicted octanol–water partition coefficient (Wildman–Crippen LogP) is 2.00. The second kappa shape index (κ2) is 6.23. The largest absolute Gasteiger partial charge is 0.388 e. The maximum Gasteiger partial charge on any atom is 0.225 e. The number of carbonyl (C=O) groups is 1. The first-order valence-corrected chi connectivity index (χ1v) is 7.73. The van der Waals surface area contributed by atoms with Crippen molar-refractivity contribution >= 4 is 5.91 Å². The van der Waals surface area contributed by atoms with E-state index in [1.807, 2.05) is 0 Å². The molecule has 0 aromatic rings. The van der Waals surface area contributed by atoms with Gasteiger partial charge in [-0.15, -0.1) is 0 Å². The predicted molar refractivity (Wildman–Crippen MR) is 73.8 cm³/mol. The SMILES string of the molecule is CCCC(O)(CCC)CNC(=O)C1CC2CCC1O2. The summed E-state index contributed by atoms with van der Waals surface area (Å²) in [5.74, 6) is 0.0732. The minimum atomic E-state index is -0.738. The zero-order valence-corrected chi connectivity index (χ0v) is 12.2. The van der Waals surface area contributed by atoms with E-state index in [0.29, 0.717) is 12.6 Å². The third kappa shape index (κ3) is 3.48. The molecule has 2 aliphatic heterocycles. The molecule has 4 nitrogen and oxygen atoms in total. The molecule has 3 atom stereocenters. The molecule has 2 rings (SSSR count). The lowest BCUT2D eigenvalue weighted by Crippen LogP contribution is -2.46. The molecule has 2 N–H and O–H groups in total. The molecule has 0 aromatic carbocycles. The first kappa shape index (κ1) is 14.8. The van der Waals surface area contributed by atoms with Crippen LogP contribution in [0, 0.1) is 5.92 Å². The fourth-order valence-electron chi connectivity index (χ4n) is 3.53. The van der Waals surface area contributed by atoms with E-state index < -0.39 is 5.60 Å². The van der Waals surface area contributed by atoms with Crippen LogP contribution < -0.4 is 5.32 Å². The zero-order valence-electron chi connectivity index (χ0n) is 12.2. The van der Waals surface area contributed by atoms with E-state index in [0.717, 1.165) is 44.9 Å². The topological polar surface area (TPSA) is 58.6 Å². The van der Waals surface area contributed by atoms with Gasteiger partial charge in [0.15, 0.2) is 0 Å². The minimum absolute atomic E-state index is 0.00579. The molecule has 2 saturated heterocycles. The van der Waals surface area contributed by atoms with Crippen LogP contribution in [0.25, 0.3) is 0 Å². The lowest BCUT2D eigenvalue weighted by Gasteiger charge is -2.29. The van der Waals surface area contributed by atoms with Gasteiger partial charge in [0.25, 0.3) is 0 Å². The first-order chi connectivity index (χ1) is 9.08. The Labute approximate surface area is 115 Å². The molecular weight excluding hydrogens is 242 g/mol. The van der Waals surface area contributed by atoms with Crippen LogP contribution >= 0.6 is 0 Å². The van der Waals surface area contributed by atoms with E-state index in [2.05, 4.69) is 19.2 Å². The summed E-state index contributed by atoms with van der Waals surface area (Å²) in [5, 5.41) is 13.4. The van der Waals surface area contributed by atoms with Gasteiger partial charge in [-0.2, -0.15) is 0 Å². The van der Waals surface area contributed by atoms with Gasteiger partial charge >= 0.3 is 0 Å². The van der Waals surface area contributed by atoms with Crippen molar-refractivity contribution in [2.75, 3.05) is 6.54 Å². The third-order valence-electron chi connectivity index (χ3n) is 4.47. The van der Waals surface area contributed by atoms with Crippen LogP contribution in [0.5, 0.6) is 0 Å². The Morgan fingerprint density at radius 3 is 2.47 bits per heavy atom. The van der Waals surface area contributed by atoms with Crippen molar-refractivity contribution < 1.29 is 14.6 Å². The maximum atomic E-state index is 12.2. The number of fused-ring (bicyclic) bond motifs is 2. The average molecular weight is 269 g/mol. The van der Waals surface area contributed by atoms with Gasteiger partial charge in [-0.25, -0.2) is 0 Å². The minimum Gasteiger partial charge on any atom is -0.388 e. The summed E-state index contributed by atoms with van der Waals surface area (Å²) in [5.41, 5.74) is -0.738. The van der Waals surface area contributed by atoms with E-state index in [9.17, 15) is 9.90 Å². The van der Waals surface area contributed by atoms with E-state index >= 15 is 0 Å². The Morgan fingerprint density at radius 1 is 1.32 bits per heavy atom. The average Bonchev–Trinajstić information content (AvgIpc) is 2.99. The number of nitrogens with one attached hydrogen (secondary N) is 1. The Kier molecular flexibility index (Phi) is 4.85. The maximum absolute atomic E-state index is 12.2. The first-order valence-electron chi connectivity index (χ1n) is 7.73. The van der Waals surface area contributed by atoms with Crippen LogP contribution in [-0.2, 0) is 9.53 Å². The van der Waals surface area contributed by atoms with Crippen LogP contribution in [0.15, 0.2) is 0 Å².